The van der Waals surface area contributed by atoms with E-state index in [1.807, 2.05) is 0 Å². The summed E-state index contributed by atoms with van der Waals surface area (Å²) >= 11 is 1.63. The van der Waals surface area contributed by atoms with Crippen molar-refractivity contribution in [2.24, 2.45) is 0 Å². The van der Waals surface area contributed by atoms with Crippen molar-refractivity contribution in [2.75, 3.05) is 16.8 Å². The number of hydrogen-bond donors (Lipinski definition) is 1. The summed E-state index contributed by atoms with van der Waals surface area (Å²) in [5.41, 5.74) is 0.750. The van der Waals surface area contributed by atoms with Crippen LogP contribution in [0.15, 0.2) is 47.4 Å². The fourth-order valence-electron chi connectivity index (χ4n) is 2.51. The molecular weight excluding hydrogens is 334 g/mol. The second-order valence-corrected chi connectivity index (χ2v) is 8.76. The first-order chi connectivity index (χ1) is 11.0. The Kier molecular flexibility index (Phi) is 3.35. The first-order valence-electron chi connectivity index (χ1n) is 7.10. The van der Waals surface area contributed by atoms with Gasteiger partial charge in [-0.3, -0.25) is 4.79 Å². The topological polar surface area (TPSA) is 72.5 Å². The van der Waals surface area contributed by atoms with Crippen LogP contribution in [0.5, 0.6) is 11.5 Å². The van der Waals surface area contributed by atoms with Crippen molar-refractivity contribution in [1.29, 1.82) is 0 Å². The Morgan fingerprint density at radius 1 is 1.17 bits per heavy atom. The zero-order chi connectivity index (χ0) is 16.0. The van der Waals surface area contributed by atoms with Gasteiger partial charge in [0.1, 0.15) is 10.6 Å². The normalized spacial score (nSPS) is 19.0. The Morgan fingerprint density at radius 3 is 2.74 bits per heavy atom. The maximum absolute atomic E-state index is 12.7. The van der Waals surface area contributed by atoms with Gasteiger partial charge >= 0.3 is 0 Å². The van der Waals surface area contributed by atoms with E-state index < -0.39 is 9.84 Å². The highest BCUT2D eigenvalue weighted by atomic mass is 32.2. The molecule has 23 heavy (non-hydrogen) atoms. The van der Waals surface area contributed by atoms with Gasteiger partial charge < -0.3 is 10.1 Å². The quantitative estimate of drug-likeness (QED) is 0.864. The van der Waals surface area contributed by atoms with Gasteiger partial charge in [-0.2, -0.15) is 11.8 Å². The monoisotopic (exact) mass is 347 g/mol. The lowest BCUT2D eigenvalue weighted by Gasteiger charge is -2.13. The molecule has 0 aromatic heterocycles. The van der Waals surface area contributed by atoms with Crippen LogP contribution in [0.25, 0.3) is 0 Å². The summed E-state index contributed by atoms with van der Waals surface area (Å²) in [4.78, 5) is 12.4. The third-order valence-corrected chi connectivity index (χ3v) is 6.73. The third kappa shape index (κ3) is 2.70. The van der Waals surface area contributed by atoms with Crippen LogP contribution in [0.2, 0.25) is 0 Å². The lowest BCUT2D eigenvalue weighted by Crippen LogP contribution is -2.13. The molecule has 2 aliphatic heterocycles. The molecule has 0 radical (unpaired) electrons. The van der Waals surface area contributed by atoms with Gasteiger partial charge in [0.2, 0.25) is 0 Å². The zero-order valence-corrected chi connectivity index (χ0v) is 13.6. The maximum atomic E-state index is 12.7. The molecule has 2 aromatic rings. The standard InChI is InChI=1S/C16H13NO4S2/c18-16-11-4-1-2-6-13(11)21-15-12(17-16)5-3-7-14(15)23(19,20)9-10-8-22-10/h1-7,10H,8-9H2,(H,17,18). The zero-order valence-electron chi connectivity index (χ0n) is 12.0. The Hall–Kier alpha value is -1.99. The van der Waals surface area contributed by atoms with Crippen LogP contribution in [0.3, 0.4) is 0 Å². The highest BCUT2D eigenvalue weighted by Crippen LogP contribution is 2.42. The number of rotatable bonds is 3. The molecule has 1 atom stereocenters. The number of para-hydroxylation sites is 2. The number of amides is 1. The van der Waals surface area contributed by atoms with Gasteiger partial charge in [0.15, 0.2) is 15.6 Å². The highest BCUT2D eigenvalue weighted by Gasteiger charge is 2.33. The molecule has 0 bridgehead atoms. The number of anilines is 1. The number of carbonyl (C=O) groups excluding carboxylic acids is 1. The van der Waals surface area contributed by atoms with Crippen LogP contribution in [-0.2, 0) is 9.84 Å². The molecule has 1 unspecified atom stereocenters. The van der Waals surface area contributed by atoms with E-state index in [1.165, 1.54) is 6.07 Å². The van der Waals surface area contributed by atoms with Gasteiger partial charge in [-0.25, -0.2) is 8.42 Å². The van der Waals surface area contributed by atoms with E-state index >= 15 is 0 Å². The number of nitrogens with one attached hydrogen (secondary N) is 1. The number of hydrogen-bond acceptors (Lipinski definition) is 5. The SMILES string of the molecule is O=C1Nc2cccc(S(=O)(=O)CC3CS3)c2Oc2ccccc21. The molecule has 1 N–H and O–H groups in total. The van der Waals surface area contributed by atoms with Crippen LogP contribution in [0, 0.1) is 0 Å². The molecule has 4 rings (SSSR count). The summed E-state index contributed by atoms with van der Waals surface area (Å²) in [6.45, 7) is 0. The lowest BCUT2D eigenvalue weighted by molar-refractivity contribution is 0.102. The molecule has 1 saturated heterocycles. The Labute approximate surface area is 138 Å². The molecule has 0 saturated carbocycles. The largest absolute Gasteiger partial charge is 0.453 e. The summed E-state index contributed by atoms with van der Waals surface area (Å²) in [5, 5.41) is 2.88. The van der Waals surface area contributed by atoms with Crippen LogP contribution >= 0.6 is 11.8 Å². The number of benzene rings is 2. The fraction of sp³-hybridized carbons (Fsp3) is 0.188. The van der Waals surface area contributed by atoms with Crippen LogP contribution in [-0.4, -0.2) is 31.1 Å². The van der Waals surface area contributed by atoms with Crippen molar-refractivity contribution >= 4 is 33.2 Å². The second-order valence-electron chi connectivity index (χ2n) is 5.42. The summed E-state index contributed by atoms with van der Waals surface area (Å²) in [6, 6.07) is 11.6. The molecular formula is C16H13NO4S2. The highest BCUT2D eigenvalue weighted by molar-refractivity contribution is 8.08. The smallest absolute Gasteiger partial charge is 0.259 e. The third-order valence-electron chi connectivity index (χ3n) is 3.71. The molecule has 2 heterocycles. The van der Waals surface area contributed by atoms with Crippen molar-refractivity contribution in [3.8, 4) is 11.5 Å². The minimum atomic E-state index is -3.47. The van der Waals surface area contributed by atoms with Gasteiger partial charge in [0.05, 0.1) is 17.0 Å². The van der Waals surface area contributed by atoms with Crippen molar-refractivity contribution < 1.29 is 17.9 Å². The van der Waals surface area contributed by atoms with Crippen LogP contribution in [0.4, 0.5) is 5.69 Å². The van der Waals surface area contributed by atoms with E-state index in [-0.39, 0.29) is 27.6 Å². The molecule has 0 aliphatic carbocycles. The van der Waals surface area contributed by atoms with Crippen LogP contribution < -0.4 is 10.1 Å². The number of carbonyl (C=O) groups is 1. The maximum Gasteiger partial charge on any atom is 0.259 e. The van der Waals surface area contributed by atoms with Gasteiger partial charge in [0, 0.05) is 11.0 Å². The number of sulfone groups is 1. The molecule has 2 aromatic carbocycles. The summed E-state index contributed by atoms with van der Waals surface area (Å²) in [5.74, 6) is 1.19. The Balaban J connectivity index is 1.85. The van der Waals surface area contributed by atoms with E-state index in [4.69, 9.17) is 4.74 Å². The Morgan fingerprint density at radius 2 is 1.96 bits per heavy atom. The predicted octanol–water partition coefficient (Wildman–Crippen LogP) is 2.93. The minimum Gasteiger partial charge on any atom is -0.453 e. The molecule has 1 amide bonds. The molecule has 118 valence electrons. The van der Waals surface area contributed by atoms with Gasteiger partial charge in [0.25, 0.3) is 5.91 Å². The molecule has 5 nitrogen and oxygen atoms in total. The lowest BCUT2D eigenvalue weighted by atomic mass is 10.2. The molecule has 1 fully saturated rings. The Bertz CT molecular complexity index is 904. The number of ether oxygens (including phenoxy) is 1. The first kappa shape index (κ1) is 14.6. The molecule has 2 aliphatic rings. The van der Waals surface area contributed by atoms with Crippen LogP contribution in [0.1, 0.15) is 10.4 Å². The average molecular weight is 347 g/mol. The number of fused-ring (bicyclic) bond motifs is 2. The summed E-state index contributed by atoms with van der Waals surface area (Å²) in [6.07, 6.45) is 0. The van der Waals surface area contributed by atoms with E-state index in [0.29, 0.717) is 17.0 Å². The second kappa shape index (κ2) is 5.28. The fourth-order valence-corrected chi connectivity index (χ4v) is 5.34. The number of thioether (sulfide) groups is 1. The van der Waals surface area contributed by atoms with Gasteiger partial charge in [-0.1, -0.05) is 18.2 Å². The molecule has 7 heteroatoms. The van der Waals surface area contributed by atoms with E-state index in [1.54, 1.807) is 48.2 Å². The minimum absolute atomic E-state index is 0.0904. The van der Waals surface area contributed by atoms with Gasteiger partial charge in [-0.05, 0) is 24.3 Å². The van der Waals surface area contributed by atoms with Crippen molar-refractivity contribution in [3.63, 3.8) is 0 Å². The van der Waals surface area contributed by atoms with Gasteiger partial charge in [-0.15, -0.1) is 0 Å². The van der Waals surface area contributed by atoms with Crippen molar-refractivity contribution in [3.05, 3.63) is 48.0 Å². The van der Waals surface area contributed by atoms with Crippen molar-refractivity contribution in [2.45, 2.75) is 10.1 Å². The van der Waals surface area contributed by atoms with E-state index in [9.17, 15) is 13.2 Å². The predicted molar refractivity (Wildman–Crippen MR) is 89.2 cm³/mol. The van der Waals surface area contributed by atoms with E-state index in [2.05, 4.69) is 5.32 Å². The molecule has 0 spiro atoms. The summed E-state index contributed by atoms with van der Waals surface area (Å²) in [7, 11) is -3.47. The first-order valence-corrected chi connectivity index (χ1v) is 9.80. The average Bonchev–Trinajstić information content (AvgIpc) is 3.33. The van der Waals surface area contributed by atoms with Crippen molar-refractivity contribution in [1.82, 2.24) is 0 Å². The summed E-state index contributed by atoms with van der Waals surface area (Å²) < 4.78 is 31.1. The van der Waals surface area contributed by atoms with E-state index in [0.717, 1.165) is 5.75 Å².